The fraction of sp³-hybridized carbons (Fsp3) is 0.444. The molecule has 0 radical (unpaired) electrons. The molecule has 2 heterocycles. The van der Waals surface area contributed by atoms with Crippen LogP contribution in [0.2, 0.25) is 0 Å². The monoisotopic (exact) mass is 418 g/mol. The number of para-hydroxylation sites is 1. The highest BCUT2D eigenvalue weighted by Crippen LogP contribution is 2.39. The second-order valence-corrected chi connectivity index (χ2v) is 8.69. The van der Waals surface area contributed by atoms with Crippen LogP contribution in [-0.2, 0) is 0 Å². The Morgan fingerprint density at radius 2 is 1.77 bits per heavy atom. The minimum Gasteiger partial charge on any atom is -0.489 e. The van der Waals surface area contributed by atoms with Crippen molar-refractivity contribution in [2.24, 2.45) is 5.92 Å². The number of hydrogen-bond acceptors (Lipinski definition) is 3. The van der Waals surface area contributed by atoms with E-state index in [0.29, 0.717) is 5.92 Å². The van der Waals surface area contributed by atoms with Crippen LogP contribution in [0.4, 0.5) is 0 Å². The van der Waals surface area contributed by atoms with Gasteiger partial charge in [0.15, 0.2) is 0 Å². The van der Waals surface area contributed by atoms with Crippen LogP contribution in [0, 0.1) is 5.92 Å². The van der Waals surface area contributed by atoms with Gasteiger partial charge in [0.1, 0.15) is 11.9 Å². The number of fused-ring (bicyclic) bond motifs is 2. The van der Waals surface area contributed by atoms with Crippen LogP contribution in [0.15, 0.2) is 54.6 Å². The van der Waals surface area contributed by atoms with E-state index >= 15 is 0 Å². The van der Waals surface area contributed by atoms with Gasteiger partial charge in [-0.05, 0) is 76.0 Å². The van der Waals surface area contributed by atoms with Crippen LogP contribution in [0.1, 0.15) is 54.6 Å². The lowest BCUT2D eigenvalue weighted by atomic mass is 9.88. The normalized spacial score (nSPS) is 21.5. The van der Waals surface area contributed by atoms with Crippen molar-refractivity contribution in [3.05, 3.63) is 71.3 Å². The van der Waals surface area contributed by atoms with E-state index in [1.165, 1.54) is 12.0 Å². The SMILES string of the molecule is CCN(CC)C(=O)c1ccc(C2=CC3CCCN(C)CCC3Oc3ccccc32)cc1. The average molecular weight is 419 g/mol. The molecule has 4 heteroatoms. The predicted molar refractivity (Wildman–Crippen MR) is 126 cm³/mol. The van der Waals surface area contributed by atoms with Crippen molar-refractivity contribution in [2.75, 3.05) is 33.2 Å². The maximum Gasteiger partial charge on any atom is 0.253 e. The molecule has 2 atom stereocenters. The first-order valence-corrected chi connectivity index (χ1v) is 11.7. The minimum atomic E-state index is 0.0966. The van der Waals surface area contributed by atoms with E-state index in [9.17, 15) is 4.79 Å². The number of carbonyl (C=O) groups is 1. The van der Waals surface area contributed by atoms with Gasteiger partial charge in [0.25, 0.3) is 5.91 Å². The molecule has 2 aromatic carbocycles. The summed E-state index contributed by atoms with van der Waals surface area (Å²) in [4.78, 5) is 17.0. The summed E-state index contributed by atoms with van der Waals surface area (Å²) in [7, 11) is 2.20. The molecular weight excluding hydrogens is 384 g/mol. The second-order valence-electron chi connectivity index (χ2n) is 8.69. The van der Waals surface area contributed by atoms with Crippen molar-refractivity contribution < 1.29 is 9.53 Å². The van der Waals surface area contributed by atoms with Crippen molar-refractivity contribution in [2.45, 2.75) is 39.2 Å². The molecule has 2 unspecified atom stereocenters. The van der Waals surface area contributed by atoms with E-state index < -0.39 is 0 Å². The molecule has 31 heavy (non-hydrogen) atoms. The lowest BCUT2D eigenvalue weighted by molar-refractivity contribution is 0.0773. The highest BCUT2D eigenvalue weighted by Gasteiger charge is 2.29. The third-order valence-electron chi connectivity index (χ3n) is 6.68. The first-order chi connectivity index (χ1) is 15.1. The van der Waals surface area contributed by atoms with E-state index in [-0.39, 0.29) is 12.0 Å². The highest BCUT2D eigenvalue weighted by molar-refractivity contribution is 5.95. The maximum absolute atomic E-state index is 12.7. The van der Waals surface area contributed by atoms with Crippen molar-refractivity contribution in [1.29, 1.82) is 0 Å². The number of benzene rings is 2. The van der Waals surface area contributed by atoms with Crippen LogP contribution in [-0.4, -0.2) is 55.0 Å². The first-order valence-electron chi connectivity index (χ1n) is 11.7. The maximum atomic E-state index is 12.7. The molecule has 0 bridgehead atoms. The van der Waals surface area contributed by atoms with E-state index in [4.69, 9.17) is 4.74 Å². The fourth-order valence-corrected chi connectivity index (χ4v) is 4.79. The van der Waals surface area contributed by atoms with Gasteiger partial charge in [-0.15, -0.1) is 0 Å². The fourth-order valence-electron chi connectivity index (χ4n) is 4.79. The van der Waals surface area contributed by atoms with Gasteiger partial charge in [0.05, 0.1) is 0 Å². The zero-order valence-corrected chi connectivity index (χ0v) is 19.0. The largest absolute Gasteiger partial charge is 0.489 e. The molecule has 1 saturated heterocycles. The van der Waals surface area contributed by atoms with E-state index in [0.717, 1.165) is 61.5 Å². The van der Waals surface area contributed by atoms with Gasteiger partial charge in [-0.1, -0.05) is 36.4 Å². The molecule has 1 fully saturated rings. The summed E-state index contributed by atoms with van der Waals surface area (Å²) in [6.07, 6.45) is 5.98. The Morgan fingerprint density at radius 3 is 2.52 bits per heavy atom. The number of amides is 1. The van der Waals surface area contributed by atoms with Gasteiger partial charge in [0, 0.05) is 36.7 Å². The van der Waals surface area contributed by atoms with Gasteiger partial charge in [-0.25, -0.2) is 0 Å². The van der Waals surface area contributed by atoms with E-state index in [2.05, 4.69) is 54.4 Å². The van der Waals surface area contributed by atoms with Crippen LogP contribution >= 0.6 is 0 Å². The summed E-state index contributed by atoms with van der Waals surface area (Å²) in [6.45, 7) is 7.70. The lowest BCUT2D eigenvalue weighted by Gasteiger charge is -2.30. The average Bonchev–Trinajstić information content (AvgIpc) is 2.94. The Balaban J connectivity index is 1.69. The van der Waals surface area contributed by atoms with E-state index in [1.807, 2.05) is 30.9 Å². The molecule has 2 aromatic rings. The van der Waals surface area contributed by atoms with Crippen molar-refractivity contribution >= 4 is 11.5 Å². The molecule has 0 aromatic heterocycles. The second kappa shape index (κ2) is 9.69. The Kier molecular flexibility index (Phi) is 6.77. The molecule has 164 valence electrons. The standard InChI is InChI=1S/C27H34N2O2/c1-4-29(5-2)27(30)21-14-12-20(13-15-21)24-19-22-9-8-17-28(3)18-16-25(22)31-26-11-7-6-10-23(24)26/h6-7,10-15,19,22,25H,4-5,8-9,16-18H2,1-3H3. The molecule has 4 nitrogen and oxygen atoms in total. The number of ether oxygens (including phenoxy) is 1. The summed E-state index contributed by atoms with van der Waals surface area (Å²) in [5.74, 6) is 1.46. The Morgan fingerprint density at radius 1 is 1.03 bits per heavy atom. The van der Waals surface area contributed by atoms with Gasteiger partial charge >= 0.3 is 0 Å². The minimum absolute atomic E-state index is 0.0966. The van der Waals surface area contributed by atoms with Crippen LogP contribution in [0.25, 0.3) is 5.57 Å². The van der Waals surface area contributed by atoms with Gasteiger partial charge in [0.2, 0.25) is 0 Å². The molecular formula is C27H34N2O2. The molecule has 2 aliphatic rings. The topological polar surface area (TPSA) is 32.8 Å². The molecule has 0 aliphatic carbocycles. The zero-order chi connectivity index (χ0) is 21.8. The Labute approximate surface area is 186 Å². The highest BCUT2D eigenvalue weighted by atomic mass is 16.5. The smallest absolute Gasteiger partial charge is 0.253 e. The van der Waals surface area contributed by atoms with Crippen LogP contribution < -0.4 is 4.74 Å². The number of likely N-dealkylation sites (tertiary alicyclic amines) is 1. The van der Waals surface area contributed by atoms with Gasteiger partial charge in [-0.3, -0.25) is 4.79 Å². The first kappa shape index (κ1) is 21.6. The van der Waals surface area contributed by atoms with Crippen molar-refractivity contribution in [3.63, 3.8) is 0 Å². The van der Waals surface area contributed by atoms with Crippen LogP contribution in [0.5, 0.6) is 5.75 Å². The summed E-state index contributed by atoms with van der Waals surface area (Å²) >= 11 is 0. The number of hydrogen-bond donors (Lipinski definition) is 0. The molecule has 1 amide bonds. The summed E-state index contributed by atoms with van der Waals surface area (Å²) in [5, 5.41) is 0. The molecule has 0 N–H and O–H groups in total. The van der Waals surface area contributed by atoms with Crippen molar-refractivity contribution in [3.8, 4) is 5.75 Å². The third kappa shape index (κ3) is 4.69. The van der Waals surface area contributed by atoms with Crippen molar-refractivity contribution in [1.82, 2.24) is 9.80 Å². The molecule has 2 aliphatic heterocycles. The summed E-state index contributed by atoms with van der Waals surface area (Å²) < 4.78 is 6.58. The lowest BCUT2D eigenvalue weighted by Crippen LogP contribution is -2.34. The van der Waals surface area contributed by atoms with Gasteiger partial charge in [-0.2, -0.15) is 0 Å². The number of rotatable bonds is 4. The zero-order valence-electron chi connectivity index (χ0n) is 19.0. The van der Waals surface area contributed by atoms with Gasteiger partial charge < -0.3 is 14.5 Å². The Bertz CT molecular complexity index is 931. The molecule has 0 saturated carbocycles. The summed E-state index contributed by atoms with van der Waals surface area (Å²) in [5.41, 5.74) is 4.26. The number of nitrogens with zero attached hydrogens (tertiary/aromatic N) is 2. The summed E-state index contributed by atoms with van der Waals surface area (Å²) in [6, 6.07) is 16.5. The predicted octanol–water partition coefficient (Wildman–Crippen LogP) is 5.09. The Hall–Kier alpha value is -2.59. The van der Waals surface area contributed by atoms with E-state index in [1.54, 1.807) is 0 Å². The molecule has 0 spiro atoms. The third-order valence-corrected chi connectivity index (χ3v) is 6.68. The number of carbonyl (C=O) groups excluding carboxylic acids is 1. The molecule has 4 rings (SSSR count). The quantitative estimate of drug-likeness (QED) is 0.693. The van der Waals surface area contributed by atoms with Crippen LogP contribution in [0.3, 0.4) is 0 Å².